The second-order valence-electron chi connectivity index (χ2n) is 4.76. The van der Waals surface area contributed by atoms with Gasteiger partial charge in [-0.25, -0.2) is 4.98 Å². The van der Waals surface area contributed by atoms with Crippen LogP contribution in [0.2, 0.25) is 0 Å². The highest BCUT2D eigenvalue weighted by molar-refractivity contribution is 7.09. The highest BCUT2D eigenvalue weighted by Crippen LogP contribution is 2.22. The van der Waals surface area contributed by atoms with Crippen LogP contribution < -0.4 is 4.74 Å². The maximum atomic E-state index is 10.2. The molecule has 1 aromatic carbocycles. The van der Waals surface area contributed by atoms with E-state index in [0.29, 0.717) is 12.8 Å². The molecule has 0 fully saturated rings. The van der Waals surface area contributed by atoms with Gasteiger partial charge >= 0.3 is 0 Å². The number of ether oxygens (including phenoxy) is 1. The summed E-state index contributed by atoms with van der Waals surface area (Å²) in [4.78, 5) is 4.38. The van der Waals surface area contributed by atoms with E-state index >= 15 is 0 Å². The minimum atomic E-state index is -0.429. The van der Waals surface area contributed by atoms with E-state index in [1.54, 1.807) is 18.4 Å². The molecule has 2 aromatic rings. The van der Waals surface area contributed by atoms with Gasteiger partial charge < -0.3 is 9.84 Å². The molecule has 0 amide bonds. The Hall–Kier alpha value is -1.39. The van der Waals surface area contributed by atoms with Crippen LogP contribution in [0.15, 0.2) is 23.6 Å². The smallest absolute Gasteiger partial charge is 0.122 e. The molecule has 102 valence electrons. The van der Waals surface area contributed by atoms with Gasteiger partial charge in [-0.05, 0) is 25.5 Å². The van der Waals surface area contributed by atoms with E-state index in [0.717, 1.165) is 22.0 Å². The van der Waals surface area contributed by atoms with Gasteiger partial charge in [0.2, 0.25) is 0 Å². The highest BCUT2D eigenvalue weighted by atomic mass is 32.1. The van der Waals surface area contributed by atoms with Crippen molar-refractivity contribution in [1.82, 2.24) is 4.98 Å². The molecule has 1 aromatic heterocycles. The van der Waals surface area contributed by atoms with Crippen LogP contribution in [0.5, 0.6) is 5.75 Å². The van der Waals surface area contributed by atoms with E-state index in [9.17, 15) is 5.11 Å². The Labute approximate surface area is 117 Å². The molecule has 0 spiro atoms. The zero-order valence-corrected chi connectivity index (χ0v) is 12.3. The molecule has 1 N–H and O–H groups in total. The molecular weight excluding hydrogens is 258 g/mol. The molecule has 1 heterocycles. The van der Waals surface area contributed by atoms with Gasteiger partial charge in [-0.15, -0.1) is 11.3 Å². The van der Waals surface area contributed by atoms with Crippen molar-refractivity contribution >= 4 is 11.3 Å². The number of aliphatic hydroxyl groups excluding tert-OH is 1. The number of aromatic nitrogens is 1. The molecule has 0 radical (unpaired) electrons. The number of hydrogen-bond acceptors (Lipinski definition) is 4. The zero-order valence-electron chi connectivity index (χ0n) is 11.5. The minimum Gasteiger partial charge on any atom is -0.496 e. The molecule has 0 aliphatic rings. The fraction of sp³-hybridized carbons (Fsp3) is 0.400. The third kappa shape index (κ3) is 3.78. The van der Waals surface area contributed by atoms with Gasteiger partial charge in [0.05, 0.1) is 18.2 Å². The van der Waals surface area contributed by atoms with E-state index in [1.807, 2.05) is 31.4 Å². The number of nitrogens with zero attached hydrogens (tertiary/aromatic N) is 1. The Balaban J connectivity index is 2.05. The van der Waals surface area contributed by atoms with Gasteiger partial charge in [0.1, 0.15) is 5.75 Å². The SMILES string of the molecule is COc1ccc(C)cc1CC(O)Cc1nc(C)cs1. The average Bonchev–Trinajstić information content (AvgIpc) is 2.75. The lowest BCUT2D eigenvalue weighted by Gasteiger charge is -2.13. The first-order valence-corrected chi connectivity index (χ1v) is 7.19. The number of aryl methyl sites for hydroxylation is 2. The second kappa shape index (κ2) is 6.17. The molecule has 3 nitrogen and oxygen atoms in total. The lowest BCUT2D eigenvalue weighted by atomic mass is 10.0. The zero-order chi connectivity index (χ0) is 13.8. The van der Waals surface area contributed by atoms with Crippen LogP contribution in [0, 0.1) is 13.8 Å². The van der Waals surface area contributed by atoms with Crippen LogP contribution in [-0.4, -0.2) is 23.3 Å². The molecule has 1 atom stereocenters. The Bertz CT molecular complexity index is 551. The van der Waals surface area contributed by atoms with Crippen molar-refractivity contribution < 1.29 is 9.84 Å². The summed E-state index contributed by atoms with van der Waals surface area (Å²) in [5.74, 6) is 0.833. The first-order chi connectivity index (χ1) is 9.08. The van der Waals surface area contributed by atoms with Crippen molar-refractivity contribution in [1.29, 1.82) is 0 Å². The third-order valence-electron chi connectivity index (χ3n) is 2.97. The van der Waals surface area contributed by atoms with E-state index in [1.165, 1.54) is 5.56 Å². The van der Waals surface area contributed by atoms with Crippen molar-refractivity contribution in [3.05, 3.63) is 45.4 Å². The topological polar surface area (TPSA) is 42.4 Å². The van der Waals surface area contributed by atoms with E-state index in [4.69, 9.17) is 4.74 Å². The fourth-order valence-electron chi connectivity index (χ4n) is 2.09. The summed E-state index contributed by atoms with van der Waals surface area (Å²) in [6, 6.07) is 6.03. The maximum Gasteiger partial charge on any atom is 0.122 e. The Morgan fingerprint density at radius 2 is 2.11 bits per heavy atom. The quantitative estimate of drug-likeness (QED) is 0.913. The average molecular weight is 277 g/mol. The molecular formula is C15H19NO2S. The number of rotatable bonds is 5. The molecule has 0 saturated carbocycles. The standard InChI is InChI=1S/C15H19NO2S/c1-10-4-5-14(18-3)12(6-10)7-13(17)8-15-16-11(2)9-19-15/h4-6,9,13,17H,7-8H2,1-3H3. The van der Waals surface area contributed by atoms with Crippen LogP contribution in [0.1, 0.15) is 21.8 Å². The summed E-state index contributed by atoms with van der Waals surface area (Å²) >= 11 is 1.60. The normalized spacial score (nSPS) is 12.4. The van der Waals surface area contributed by atoms with Crippen molar-refractivity contribution in [2.45, 2.75) is 32.8 Å². The van der Waals surface area contributed by atoms with Crippen molar-refractivity contribution in [2.75, 3.05) is 7.11 Å². The molecule has 0 aliphatic carbocycles. The number of methoxy groups -OCH3 is 1. The number of hydrogen-bond donors (Lipinski definition) is 1. The van der Waals surface area contributed by atoms with Crippen molar-refractivity contribution in [3.8, 4) is 5.75 Å². The predicted octanol–water partition coefficient (Wildman–Crippen LogP) is 2.91. The summed E-state index contributed by atoms with van der Waals surface area (Å²) < 4.78 is 5.33. The highest BCUT2D eigenvalue weighted by Gasteiger charge is 2.12. The van der Waals surface area contributed by atoms with Crippen LogP contribution in [-0.2, 0) is 12.8 Å². The van der Waals surface area contributed by atoms with Gasteiger partial charge in [0.25, 0.3) is 0 Å². The van der Waals surface area contributed by atoms with Crippen LogP contribution in [0.4, 0.5) is 0 Å². The summed E-state index contributed by atoms with van der Waals surface area (Å²) in [6.45, 7) is 4.01. The predicted molar refractivity (Wildman–Crippen MR) is 78.0 cm³/mol. The van der Waals surface area contributed by atoms with Gasteiger partial charge in [-0.1, -0.05) is 17.7 Å². The number of thiazole rings is 1. The minimum absolute atomic E-state index is 0.429. The van der Waals surface area contributed by atoms with Crippen molar-refractivity contribution in [3.63, 3.8) is 0 Å². The number of benzene rings is 1. The van der Waals surface area contributed by atoms with Gasteiger partial charge in [-0.2, -0.15) is 0 Å². The summed E-state index contributed by atoms with van der Waals surface area (Å²) in [5, 5.41) is 13.2. The molecule has 0 aliphatic heterocycles. The monoisotopic (exact) mass is 277 g/mol. The number of aliphatic hydroxyl groups is 1. The molecule has 4 heteroatoms. The Morgan fingerprint density at radius 3 is 2.74 bits per heavy atom. The lowest BCUT2D eigenvalue weighted by Crippen LogP contribution is -2.14. The maximum absolute atomic E-state index is 10.2. The lowest BCUT2D eigenvalue weighted by molar-refractivity contribution is 0.174. The van der Waals surface area contributed by atoms with E-state index in [2.05, 4.69) is 11.1 Å². The summed E-state index contributed by atoms with van der Waals surface area (Å²) in [7, 11) is 1.66. The summed E-state index contributed by atoms with van der Waals surface area (Å²) in [5.41, 5.74) is 3.23. The molecule has 2 rings (SSSR count). The molecule has 19 heavy (non-hydrogen) atoms. The molecule has 0 bridgehead atoms. The molecule has 1 unspecified atom stereocenters. The first-order valence-electron chi connectivity index (χ1n) is 6.31. The van der Waals surface area contributed by atoms with E-state index in [-0.39, 0.29) is 0 Å². The Kier molecular flexibility index (Phi) is 4.56. The van der Waals surface area contributed by atoms with Gasteiger partial charge in [0.15, 0.2) is 0 Å². The Morgan fingerprint density at radius 1 is 1.32 bits per heavy atom. The molecule has 0 saturated heterocycles. The second-order valence-corrected chi connectivity index (χ2v) is 5.70. The van der Waals surface area contributed by atoms with Gasteiger partial charge in [0, 0.05) is 23.9 Å². The van der Waals surface area contributed by atoms with Crippen LogP contribution >= 0.6 is 11.3 Å². The van der Waals surface area contributed by atoms with Crippen LogP contribution in [0.3, 0.4) is 0 Å². The largest absolute Gasteiger partial charge is 0.496 e. The first kappa shape index (κ1) is 14.0. The van der Waals surface area contributed by atoms with Crippen molar-refractivity contribution in [2.24, 2.45) is 0 Å². The third-order valence-corrected chi connectivity index (χ3v) is 3.96. The van der Waals surface area contributed by atoms with Crippen LogP contribution in [0.25, 0.3) is 0 Å². The fourth-order valence-corrected chi connectivity index (χ4v) is 2.94. The summed E-state index contributed by atoms with van der Waals surface area (Å²) in [6.07, 6.45) is 0.750. The van der Waals surface area contributed by atoms with Gasteiger partial charge in [-0.3, -0.25) is 0 Å². The van der Waals surface area contributed by atoms with E-state index < -0.39 is 6.10 Å².